The molecule has 2 amide bonds. The molecule has 0 bridgehead atoms. The van der Waals surface area contributed by atoms with E-state index < -0.39 is 0 Å². The summed E-state index contributed by atoms with van der Waals surface area (Å²) in [7, 11) is 0. The van der Waals surface area contributed by atoms with E-state index in [2.05, 4.69) is 24.1 Å². The van der Waals surface area contributed by atoms with Crippen molar-refractivity contribution in [1.29, 1.82) is 0 Å². The first kappa shape index (κ1) is 24.7. The number of carbonyl (C=O) groups excluding carboxylic acids is 2. The predicted molar refractivity (Wildman–Crippen MR) is 111 cm³/mol. The van der Waals surface area contributed by atoms with Crippen LogP contribution in [0.3, 0.4) is 0 Å². The van der Waals surface area contributed by atoms with Gasteiger partial charge in [0, 0.05) is 6.42 Å². The van der Waals surface area contributed by atoms with Crippen LogP contribution in [0.25, 0.3) is 0 Å². The highest BCUT2D eigenvalue weighted by atomic mass is 16.2. The molecular formula is C22H42N2O2. The Morgan fingerprint density at radius 1 is 0.692 bits per heavy atom. The van der Waals surface area contributed by atoms with Gasteiger partial charge in [0.05, 0.1) is 6.67 Å². The number of carbonyl (C=O) groups is 2. The molecule has 4 nitrogen and oxygen atoms in total. The van der Waals surface area contributed by atoms with E-state index in [9.17, 15) is 9.59 Å². The summed E-state index contributed by atoms with van der Waals surface area (Å²) in [6, 6.07) is 0. The summed E-state index contributed by atoms with van der Waals surface area (Å²) in [5.41, 5.74) is 0. The summed E-state index contributed by atoms with van der Waals surface area (Å²) in [4.78, 5) is 22.5. The van der Waals surface area contributed by atoms with E-state index in [1.165, 1.54) is 89.5 Å². The minimum atomic E-state index is -0.266. The monoisotopic (exact) mass is 366 g/mol. The van der Waals surface area contributed by atoms with E-state index in [4.69, 9.17) is 0 Å². The third-order valence-corrected chi connectivity index (χ3v) is 4.74. The van der Waals surface area contributed by atoms with Crippen molar-refractivity contribution >= 4 is 11.8 Å². The van der Waals surface area contributed by atoms with E-state index >= 15 is 0 Å². The summed E-state index contributed by atoms with van der Waals surface area (Å²) in [5, 5.41) is 5.21. The second-order valence-electron chi connectivity index (χ2n) is 7.22. The van der Waals surface area contributed by atoms with Crippen molar-refractivity contribution in [3.8, 4) is 0 Å². The Balaban J connectivity index is 3.16. The molecule has 0 aliphatic heterocycles. The van der Waals surface area contributed by atoms with Crippen molar-refractivity contribution in [2.75, 3.05) is 6.67 Å². The maximum Gasteiger partial charge on any atom is 0.244 e. The minimum absolute atomic E-state index is 0.00376. The smallest absolute Gasteiger partial charge is 0.244 e. The second kappa shape index (κ2) is 20.0. The van der Waals surface area contributed by atoms with E-state index in [0.717, 1.165) is 12.8 Å². The molecule has 0 heterocycles. The van der Waals surface area contributed by atoms with Gasteiger partial charge in [0.2, 0.25) is 11.8 Å². The number of rotatable bonds is 19. The van der Waals surface area contributed by atoms with Crippen LogP contribution in [0.1, 0.15) is 110 Å². The van der Waals surface area contributed by atoms with Gasteiger partial charge in [-0.3, -0.25) is 9.59 Å². The molecule has 0 aromatic heterocycles. The number of hydrogen-bond acceptors (Lipinski definition) is 2. The van der Waals surface area contributed by atoms with Gasteiger partial charge in [-0.15, -0.1) is 0 Å². The zero-order chi connectivity index (χ0) is 19.3. The molecule has 2 N–H and O–H groups in total. The lowest BCUT2D eigenvalue weighted by atomic mass is 10.0. The van der Waals surface area contributed by atoms with Crippen molar-refractivity contribution in [3.63, 3.8) is 0 Å². The molecule has 4 heteroatoms. The topological polar surface area (TPSA) is 58.2 Å². The van der Waals surface area contributed by atoms with Gasteiger partial charge in [-0.25, -0.2) is 0 Å². The molecule has 0 saturated carbocycles. The average molecular weight is 367 g/mol. The zero-order valence-corrected chi connectivity index (χ0v) is 17.1. The van der Waals surface area contributed by atoms with Crippen molar-refractivity contribution < 1.29 is 9.59 Å². The van der Waals surface area contributed by atoms with Crippen LogP contribution in [0.2, 0.25) is 0 Å². The summed E-state index contributed by atoms with van der Waals surface area (Å²) in [5.74, 6) is -0.263. The van der Waals surface area contributed by atoms with Gasteiger partial charge in [-0.05, 0) is 12.5 Å². The van der Waals surface area contributed by atoms with E-state index in [1.807, 2.05) is 0 Å². The van der Waals surface area contributed by atoms with Crippen LogP contribution in [0.15, 0.2) is 12.7 Å². The van der Waals surface area contributed by atoms with Gasteiger partial charge in [0.15, 0.2) is 0 Å². The fourth-order valence-corrected chi connectivity index (χ4v) is 3.05. The van der Waals surface area contributed by atoms with E-state index in [0.29, 0.717) is 6.42 Å². The van der Waals surface area contributed by atoms with Gasteiger partial charge in [0.25, 0.3) is 0 Å². The lowest BCUT2D eigenvalue weighted by Crippen LogP contribution is -2.36. The molecule has 0 spiro atoms. The van der Waals surface area contributed by atoms with Crippen molar-refractivity contribution in [3.05, 3.63) is 12.7 Å². The van der Waals surface area contributed by atoms with Crippen LogP contribution in [0.4, 0.5) is 0 Å². The fraction of sp³-hybridized carbons (Fsp3) is 0.818. The number of nitrogens with one attached hydrogen (secondary N) is 2. The molecule has 0 aliphatic carbocycles. The molecule has 152 valence electrons. The summed E-state index contributed by atoms with van der Waals surface area (Å²) in [6.07, 6.45) is 21.6. The molecule has 0 aromatic rings. The van der Waals surface area contributed by atoms with Crippen LogP contribution in [0.5, 0.6) is 0 Å². The lowest BCUT2D eigenvalue weighted by Gasteiger charge is -2.06. The Hall–Kier alpha value is -1.32. The fourth-order valence-electron chi connectivity index (χ4n) is 3.05. The van der Waals surface area contributed by atoms with Crippen LogP contribution in [-0.2, 0) is 9.59 Å². The SMILES string of the molecule is C=CC(=O)NCNC(=O)CCCCCCCCCCCCCCCCC. The largest absolute Gasteiger partial charge is 0.339 e. The van der Waals surface area contributed by atoms with Crippen LogP contribution >= 0.6 is 0 Å². The molecule has 0 radical (unpaired) electrons. The maximum absolute atomic E-state index is 11.6. The number of hydrogen-bond donors (Lipinski definition) is 2. The van der Waals surface area contributed by atoms with Gasteiger partial charge >= 0.3 is 0 Å². The highest BCUT2D eigenvalue weighted by molar-refractivity contribution is 5.87. The highest BCUT2D eigenvalue weighted by Gasteiger charge is 2.01. The maximum atomic E-state index is 11.6. The molecular weight excluding hydrogens is 324 g/mol. The van der Waals surface area contributed by atoms with Gasteiger partial charge in [-0.2, -0.15) is 0 Å². The molecule has 0 rings (SSSR count). The van der Waals surface area contributed by atoms with E-state index in [-0.39, 0.29) is 18.5 Å². The average Bonchev–Trinajstić information content (AvgIpc) is 2.64. The number of unbranched alkanes of at least 4 members (excludes halogenated alkanes) is 14. The molecule has 0 aliphatic rings. The zero-order valence-electron chi connectivity index (χ0n) is 17.1. The molecule has 0 atom stereocenters. The lowest BCUT2D eigenvalue weighted by molar-refractivity contribution is -0.121. The second-order valence-corrected chi connectivity index (χ2v) is 7.22. The van der Waals surface area contributed by atoms with Gasteiger partial charge < -0.3 is 10.6 Å². The quantitative estimate of drug-likeness (QED) is 0.177. The molecule has 0 unspecified atom stereocenters. The molecule has 0 fully saturated rings. The van der Waals surface area contributed by atoms with E-state index in [1.54, 1.807) is 0 Å². The Morgan fingerprint density at radius 2 is 1.12 bits per heavy atom. The first-order chi connectivity index (χ1) is 12.7. The van der Waals surface area contributed by atoms with Gasteiger partial charge in [0.1, 0.15) is 0 Å². The Bertz CT molecular complexity index is 356. The van der Waals surface area contributed by atoms with Crippen LogP contribution in [-0.4, -0.2) is 18.5 Å². The molecule has 26 heavy (non-hydrogen) atoms. The van der Waals surface area contributed by atoms with Crippen molar-refractivity contribution in [1.82, 2.24) is 10.6 Å². The number of amides is 2. The summed E-state index contributed by atoms with van der Waals surface area (Å²) < 4.78 is 0. The Kier molecular flexibility index (Phi) is 19.0. The predicted octanol–water partition coefficient (Wildman–Crippen LogP) is 5.62. The Labute approximate surface area is 161 Å². The highest BCUT2D eigenvalue weighted by Crippen LogP contribution is 2.13. The van der Waals surface area contributed by atoms with Crippen molar-refractivity contribution in [2.45, 2.75) is 110 Å². The van der Waals surface area contributed by atoms with Gasteiger partial charge in [-0.1, -0.05) is 103 Å². The first-order valence-corrected chi connectivity index (χ1v) is 10.9. The third-order valence-electron chi connectivity index (χ3n) is 4.74. The minimum Gasteiger partial charge on any atom is -0.339 e. The third kappa shape index (κ3) is 19.0. The first-order valence-electron chi connectivity index (χ1n) is 10.9. The standard InChI is InChI=1S/C22H42N2O2/c1-3-5-6-7-8-9-10-11-12-13-14-15-16-17-18-19-22(26)24-20-23-21(25)4-2/h4H,2-3,5-20H2,1H3,(H,23,25)(H,24,26). The van der Waals surface area contributed by atoms with Crippen molar-refractivity contribution in [2.24, 2.45) is 0 Å². The summed E-state index contributed by atoms with van der Waals surface area (Å²) >= 11 is 0. The van der Waals surface area contributed by atoms with Crippen LogP contribution < -0.4 is 10.6 Å². The molecule has 0 aromatic carbocycles. The summed E-state index contributed by atoms with van der Waals surface area (Å²) in [6.45, 7) is 5.81. The Morgan fingerprint density at radius 3 is 1.54 bits per heavy atom. The molecule has 0 saturated heterocycles. The van der Waals surface area contributed by atoms with Crippen LogP contribution in [0, 0.1) is 0 Å². The normalized spacial score (nSPS) is 10.5.